The van der Waals surface area contributed by atoms with E-state index in [2.05, 4.69) is 149 Å². The molecule has 0 saturated heterocycles. The summed E-state index contributed by atoms with van der Waals surface area (Å²) in [5.74, 6) is 0. The molecule has 5 aromatic carbocycles. The van der Waals surface area contributed by atoms with Gasteiger partial charge in [0.2, 0.25) is 0 Å². The van der Waals surface area contributed by atoms with E-state index < -0.39 is 0 Å². The first-order valence-electron chi connectivity index (χ1n) is 13.2. The molecule has 0 aliphatic heterocycles. The Labute approximate surface area is 230 Å². The Morgan fingerprint density at radius 2 is 1.15 bits per heavy atom. The Balaban J connectivity index is 1.16. The van der Waals surface area contributed by atoms with Crippen LogP contribution in [0.5, 0.6) is 0 Å². The summed E-state index contributed by atoms with van der Waals surface area (Å²) >= 11 is 1.74. The number of fused-ring (bicyclic) bond motifs is 7. The Hall–Kier alpha value is -4.86. The Morgan fingerprint density at radius 1 is 0.487 bits per heavy atom. The first-order valence-corrected chi connectivity index (χ1v) is 14.1. The predicted octanol–water partition coefficient (Wildman–Crippen LogP) is 10.6. The second-order valence-corrected chi connectivity index (χ2v) is 10.9. The molecule has 39 heavy (non-hydrogen) atoms. The van der Waals surface area contributed by atoms with Crippen LogP contribution < -0.4 is 5.32 Å². The summed E-state index contributed by atoms with van der Waals surface area (Å²) in [6, 6.07) is 48.0. The minimum absolute atomic E-state index is 1.05. The zero-order valence-electron chi connectivity index (χ0n) is 21.1. The number of hydrogen-bond acceptors (Lipinski definition) is 2. The van der Waals surface area contributed by atoms with Crippen molar-refractivity contribution in [1.29, 1.82) is 0 Å². The van der Waals surface area contributed by atoms with Gasteiger partial charge in [-0.2, -0.15) is 0 Å². The summed E-state index contributed by atoms with van der Waals surface area (Å²) in [5.41, 5.74) is 8.41. The fourth-order valence-electron chi connectivity index (χ4n) is 5.83. The monoisotopic (exact) mass is 516 g/mol. The molecule has 3 heterocycles. The molecule has 0 bridgehead atoms. The van der Waals surface area contributed by atoms with E-state index in [4.69, 9.17) is 0 Å². The highest BCUT2D eigenvalue weighted by atomic mass is 32.1. The summed E-state index contributed by atoms with van der Waals surface area (Å²) in [4.78, 5) is 0. The van der Waals surface area contributed by atoms with Gasteiger partial charge in [0.05, 0.1) is 16.6 Å². The van der Waals surface area contributed by atoms with Crippen molar-refractivity contribution in [1.82, 2.24) is 4.40 Å². The molecule has 0 aliphatic rings. The molecule has 0 unspecified atom stereocenters. The van der Waals surface area contributed by atoms with Crippen molar-refractivity contribution in [2.45, 2.75) is 0 Å². The van der Waals surface area contributed by atoms with E-state index in [1.807, 2.05) is 0 Å². The van der Waals surface area contributed by atoms with E-state index in [-0.39, 0.29) is 0 Å². The van der Waals surface area contributed by atoms with Crippen molar-refractivity contribution in [3.05, 3.63) is 139 Å². The number of hydrogen-bond donors (Lipinski definition) is 1. The van der Waals surface area contributed by atoms with Gasteiger partial charge in [-0.1, -0.05) is 84.9 Å². The normalized spacial score (nSPS) is 11.6. The van der Waals surface area contributed by atoms with Crippen molar-refractivity contribution < 1.29 is 0 Å². The van der Waals surface area contributed by atoms with Gasteiger partial charge < -0.3 is 9.72 Å². The standard InChI is InChI=1S/C36H24N2S/c1-4-14-35-25(7-1)8-5-9-27(21-22-39-35)37-28-18-15-24(16-19-28)26-17-20-34-32(23-26)31-12-6-11-30-29-10-2-3-13-33(29)38(34)36(30)31/h1-23,37H. The van der Waals surface area contributed by atoms with Crippen LogP contribution in [0.15, 0.2) is 139 Å². The van der Waals surface area contributed by atoms with E-state index in [1.165, 1.54) is 59.3 Å². The fraction of sp³-hybridized carbons (Fsp3) is 0. The van der Waals surface area contributed by atoms with Gasteiger partial charge in [0, 0.05) is 37.6 Å². The van der Waals surface area contributed by atoms with Crippen LogP contribution in [0, 0.1) is 0 Å². The smallest absolute Gasteiger partial charge is 0.0620 e. The van der Waals surface area contributed by atoms with Crippen LogP contribution in [-0.4, -0.2) is 4.40 Å². The molecule has 184 valence electrons. The molecule has 0 radical (unpaired) electrons. The zero-order chi connectivity index (χ0) is 25.8. The first kappa shape index (κ1) is 22.2. The zero-order valence-corrected chi connectivity index (χ0v) is 22.0. The summed E-state index contributed by atoms with van der Waals surface area (Å²) in [7, 11) is 0. The number of nitrogens with one attached hydrogen (secondary N) is 1. The highest BCUT2D eigenvalue weighted by Crippen LogP contribution is 2.40. The van der Waals surface area contributed by atoms with Crippen molar-refractivity contribution in [3.8, 4) is 11.1 Å². The molecular formula is C36H24N2S. The predicted molar refractivity (Wildman–Crippen MR) is 169 cm³/mol. The van der Waals surface area contributed by atoms with E-state index in [1.54, 1.807) is 11.3 Å². The molecule has 0 aliphatic carbocycles. The molecule has 2 nitrogen and oxygen atoms in total. The van der Waals surface area contributed by atoms with Gasteiger partial charge in [0.1, 0.15) is 0 Å². The molecule has 8 rings (SSSR count). The fourth-order valence-corrected chi connectivity index (χ4v) is 6.62. The molecule has 3 aromatic heterocycles. The molecule has 0 saturated carbocycles. The average molecular weight is 517 g/mol. The minimum atomic E-state index is 1.05. The summed E-state index contributed by atoms with van der Waals surface area (Å²) < 4.78 is 3.69. The van der Waals surface area contributed by atoms with Crippen LogP contribution in [0.2, 0.25) is 0 Å². The number of anilines is 2. The summed E-state index contributed by atoms with van der Waals surface area (Å²) in [6.07, 6.45) is 0. The van der Waals surface area contributed by atoms with Crippen molar-refractivity contribution in [2.24, 2.45) is 0 Å². The first-order chi connectivity index (χ1) is 19.3. The largest absolute Gasteiger partial charge is 0.356 e. The number of nitrogens with zero attached hydrogens (tertiary/aromatic N) is 1. The van der Waals surface area contributed by atoms with Crippen molar-refractivity contribution >= 4 is 70.9 Å². The number of para-hydroxylation sites is 2. The van der Waals surface area contributed by atoms with Gasteiger partial charge in [-0.3, -0.25) is 0 Å². The molecule has 0 spiro atoms. The maximum atomic E-state index is 3.57. The lowest BCUT2D eigenvalue weighted by Gasteiger charge is -2.08. The van der Waals surface area contributed by atoms with Crippen LogP contribution in [0.25, 0.3) is 59.3 Å². The second kappa shape index (κ2) is 8.87. The van der Waals surface area contributed by atoms with Gasteiger partial charge in [0.25, 0.3) is 0 Å². The Bertz CT molecular complexity index is 2160. The van der Waals surface area contributed by atoms with Gasteiger partial charge >= 0.3 is 0 Å². The third kappa shape index (κ3) is 3.63. The lowest BCUT2D eigenvalue weighted by molar-refractivity contribution is 1.37. The molecule has 8 aromatic rings. The maximum absolute atomic E-state index is 3.57. The van der Waals surface area contributed by atoms with Crippen molar-refractivity contribution in [3.63, 3.8) is 0 Å². The van der Waals surface area contributed by atoms with Gasteiger partial charge in [-0.25, -0.2) is 0 Å². The molecule has 0 atom stereocenters. The van der Waals surface area contributed by atoms with Crippen molar-refractivity contribution in [2.75, 3.05) is 5.32 Å². The maximum Gasteiger partial charge on any atom is 0.0620 e. The lowest BCUT2D eigenvalue weighted by Crippen LogP contribution is -1.88. The SMILES string of the molecule is c1ccc2sccc(Nc3ccc(-c4ccc5c(c4)c4cccc6c7ccccc7n5c64)cc3)cccc2c1. The van der Waals surface area contributed by atoms with Crippen LogP contribution in [0.4, 0.5) is 11.4 Å². The average Bonchev–Trinajstić information content (AvgIpc) is 3.52. The van der Waals surface area contributed by atoms with E-state index in [9.17, 15) is 0 Å². The molecule has 0 fully saturated rings. The lowest BCUT2D eigenvalue weighted by atomic mass is 10.0. The third-order valence-corrected chi connectivity index (χ3v) is 8.54. The van der Waals surface area contributed by atoms with Crippen LogP contribution >= 0.6 is 11.3 Å². The van der Waals surface area contributed by atoms with E-state index in [0.29, 0.717) is 0 Å². The van der Waals surface area contributed by atoms with Gasteiger partial charge in [0.15, 0.2) is 0 Å². The van der Waals surface area contributed by atoms with Crippen LogP contribution in [-0.2, 0) is 0 Å². The highest BCUT2D eigenvalue weighted by molar-refractivity contribution is 7.16. The van der Waals surface area contributed by atoms with Crippen LogP contribution in [0.3, 0.4) is 0 Å². The molecule has 3 heteroatoms. The highest BCUT2D eigenvalue weighted by Gasteiger charge is 2.17. The second-order valence-electron chi connectivity index (χ2n) is 9.93. The summed E-state index contributed by atoms with van der Waals surface area (Å²) in [6.45, 7) is 0. The van der Waals surface area contributed by atoms with E-state index in [0.717, 1.165) is 11.4 Å². The number of benzene rings is 5. The Morgan fingerprint density at radius 3 is 2.08 bits per heavy atom. The molecular weight excluding hydrogens is 492 g/mol. The van der Waals surface area contributed by atoms with E-state index >= 15 is 0 Å². The third-order valence-electron chi connectivity index (χ3n) is 7.64. The number of rotatable bonds is 3. The Kier molecular flexibility index (Phi) is 5.04. The topological polar surface area (TPSA) is 16.4 Å². The molecule has 1 N–H and O–H groups in total. The number of aromatic nitrogens is 1. The minimum Gasteiger partial charge on any atom is -0.356 e. The molecule has 0 amide bonds. The summed E-state index contributed by atoms with van der Waals surface area (Å²) in [5, 5.41) is 12.2. The van der Waals surface area contributed by atoms with Crippen LogP contribution in [0.1, 0.15) is 0 Å². The van der Waals surface area contributed by atoms with Gasteiger partial charge in [-0.15, -0.1) is 11.3 Å². The van der Waals surface area contributed by atoms with Gasteiger partial charge in [-0.05, 0) is 70.4 Å². The quantitative estimate of drug-likeness (QED) is 0.247.